The predicted octanol–water partition coefficient (Wildman–Crippen LogP) is 3.72. The van der Waals surface area contributed by atoms with Gasteiger partial charge in [0.2, 0.25) is 0 Å². The van der Waals surface area contributed by atoms with Gasteiger partial charge in [-0.1, -0.05) is 23.8 Å². The molecule has 0 saturated carbocycles. The van der Waals surface area contributed by atoms with Crippen LogP contribution in [0.5, 0.6) is 0 Å². The molecule has 23 heavy (non-hydrogen) atoms. The van der Waals surface area contributed by atoms with E-state index in [1.54, 1.807) is 4.90 Å². The van der Waals surface area contributed by atoms with E-state index in [4.69, 9.17) is 14.2 Å². The first kappa shape index (κ1) is 16.7. The molecule has 1 aliphatic heterocycles. The lowest BCUT2D eigenvalue weighted by atomic mass is 9.93. The SMILES string of the molecule is COC(=O)N(CC1=CCC2(CC1)OCCO2)c1ccccc1I. The predicted molar refractivity (Wildman–Crippen MR) is 95.5 cm³/mol. The maximum atomic E-state index is 12.2. The van der Waals surface area contributed by atoms with Crippen molar-refractivity contribution in [3.8, 4) is 0 Å². The number of rotatable bonds is 3. The van der Waals surface area contributed by atoms with Crippen LogP contribution in [0.4, 0.5) is 10.5 Å². The second-order valence-electron chi connectivity index (χ2n) is 5.68. The molecule has 1 aromatic rings. The molecule has 5 nitrogen and oxygen atoms in total. The first-order chi connectivity index (χ1) is 11.1. The minimum Gasteiger partial charge on any atom is -0.452 e. The fraction of sp³-hybridized carbons (Fsp3) is 0.471. The molecular formula is C17H20INO4. The number of methoxy groups -OCH3 is 1. The first-order valence-corrected chi connectivity index (χ1v) is 8.77. The lowest BCUT2D eigenvalue weighted by Crippen LogP contribution is -2.36. The number of para-hydroxylation sites is 1. The number of ether oxygens (including phenoxy) is 3. The molecule has 124 valence electrons. The molecule has 1 heterocycles. The average Bonchev–Trinajstić information content (AvgIpc) is 3.03. The Morgan fingerprint density at radius 2 is 2.09 bits per heavy atom. The summed E-state index contributed by atoms with van der Waals surface area (Å²) in [4.78, 5) is 13.9. The molecule has 0 N–H and O–H groups in total. The summed E-state index contributed by atoms with van der Waals surface area (Å²) in [5.41, 5.74) is 2.08. The van der Waals surface area contributed by atoms with Crippen LogP contribution in [-0.4, -0.2) is 38.7 Å². The molecule has 0 radical (unpaired) electrons. The number of benzene rings is 1. The molecule has 0 aromatic heterocycles. The van der Waals surface area contributed by atoms with Crippen molar-refractivity contribution in [1.82, 2.24) is 0 Å². The van der Waals surface area contributed by atoms with Gasteiger partial charge in [0.15, 0.2) is 5.79 Å². The van der Waals surface area contributed by atoms with Crippen LogP contribution in [0.15, 0.2) is 35.9 Å². The van der Waals surface area contributed by atoms with Gasteiger partial charge in [-0.15, -0.1) is 0 Å². The summed E-state index contributed by atoms with van der Waals surface area (Å²) in [7, 11) is 1.41. The van der Waals surface area contributed by atoms with E-state index < -0.39 is 5.79 Å². The second-order valence-corrected chi connectivity index (χ2v) is 6.84. The summed E-state index contributed by atoms with van der Waals surface area (Å²) in [6.45, 7) is 1.86. The largest absolute Gasteiger partial charge is 0.452 e. The number of nitrogens with zero attached hydrogens (tertiary/aromatic N) is 1. The van der Waals surface area contributed by atoms with Crippen LogP contribution in [0.25, 0.3) is 0 Å². The normalized spacial score (nSPS) is 19.5. The van der Waals surface area contributed by atoms with Gasteiger partial charge in [0.25, 0.3) is 0 Å². The Bertz CT molecular complexity index is 610. The summed E-state index contributed by atoms with van der Waals surface area (Å²) in [5, 5.41) is 0. The third-order valence-corrected chi connectivity index (χ3v) is 5.15. The molecule has 1 aromatic carbocycles. The van der Waals surface area contributed by atoms with Crippen molar-refractivity contribution in [2.24, 2.45) is 0 Å². The smallest absolute Gasteiger partial charge is 0.414 e. The second kappa shape index (κ2) is 7.19. The van der Waals surface area contributed by atoms with E-state index in [2.05, 4.69) is 28.7 Å². The van der Waals surface area contributed by atoms with Crippen molar-refractivity contribution in [1.29, 1.82) is 0 Å². The average molecular weight is 429 g/mol. The van der Waals surface area contributed by atoms with Gasteiger partial charge in [-0.2, -0.15) is 0 Å². The first-order valence-electron chi connectivity index (χ1n) is 7.69. The fourth-order valence-electron chi connectivity index (χ4n) is 2.99. The van der Waals surface area contributed by atoms with Crippen LogP contribution in [0.1, 0.15) is 19.3 Å². The quantitative estimate of drug-likeness (QED) is 0.543. The van der Waals surface area contributed by atoms with Crippen molar-refractivity contribution < 1.29 is 19.0 Å². The third kappa shape index (κ3) is 3.70. The van der Waals surface area contributed by atoms with Crippen LogP contribution < -0.4 is 4.90 Å². The Hall–Kier alpha value is -1.12. The zero-order chi connectivity index (χ0) is 16.3. The molecule has 1 fully saturated rings. The highest BCUT2D eigenvalue weighted by Crippen LogP contribution is 2.35. The molecule has 6 heteroatoms. The van der Waals surface area contributed by atoms with Crippen LogP contribution in [0.2, 0.25) is 0 Å². The zero-order valence-electron chi connectivity index (χ0n) is 13.1. The van der Waals surface area contributed by atoms with Crippen molar-refractivity contribution in [3.63, 3.8) is 0 Å². The highest BCUT2D eigenvalue weighted by atomic mass is 127. The van der Waals surface area contributed by atoms with Crippen molar-refractivity contribution in [2.75, 3.05) is 31.8 Å². The molecule has 0 atom stereocenters. The Kier molecular flexibility index (Phi) is 5.23. The number of carbonyl (C=O) groups is 1. The Morgan fingerprint density at radius 3 is 2.70 bits per heavy atom. The Morgan fingerprint density at radius 1 is 1.35 bits per heavy atom. The number of amides is 1. The number of halogens is 1. The maximum absolute atomic E-state index is 12.2. The number of carbonyl (C=O) groups excluding carboxylic acids is 1. The van der Waals surface area contributed by atoms with Crippen molar-refractivity contribution in [3.05, 3.63) is 39.5 Å². The molecular weight excluding hydrogens is 409 g/mol. The van der Waals surface area contributed by atoms with Crippen LogP contribution >= 0.6 is 22.6 Å². The van der Waals surface area contributed by atoms with Gasteiger partial charge in [-0.3, -0.25) is 4.90 Å². The van der Waals surface area contributed by atoms with Gasteiger partial charge in [-0.25, -0.2) is 4.79 Å². The van der Waals surface area contributed by atoms with E-state index in [0.717, 1.165) is 28.5 Å². The number of hydrogen-bond acceptors (Lipinski definition) is 4. The van der Waals surface area contributed by atoms with E-state index in [1.807, 2.05) is 24.3 Å². The van der Waals surface area contributed by atoms with Gasteiger partial charge in [-0.05, 0) is 41.1 Å². The van der Waals surface area contributed by atoms with E-state index >= 15 is 0 Å². The summed E-state index contributed by atoms with van der Waals surface area (Å²) in [5.74, 6) is -0.430. The highest BCUT2D eigenvalue weighted by molar-refractivity contribution is 14.1. The molecule has 0 unspecified atom stereocenters. The molecule has 2 aliphatic rings. The van der Waals surface area contributed by atoms with Crippen LogP contribution in [-0.2, 0) is 14.2 Å². The third-order valence-electron chi connectivity index (χ3n) is 4.24. The molecule has 1 aliphatic carbocycles. The number of anilines is 1. The van der Waals surface area contributed by atoms with E-state index in [1.165, 1.54) is 12.7 Å². The lowest BCUT2D eigenvalue weighted by Gasteiger charge is -2.32. The van der Waals surface area contributed by atoms with E-state index in [0.29, 0.717) is 19.8 Å². The summed E-state index contributed by atoms with van der Waals surface area (Å²) in [6, 6.07) is 7.81. The summed E-state index contributed by atoms with van der Waals surface area (Å²) in [6.07, 6.45) is 4.23. The summed E-state index contributed by atoms with van der Waals surface area (Å²) < 4.78 is 17.5. The van der Waals surface area contributed by atoms with E-state index in [-0.39, 0.29) is 6.09 Å². The monoisotopic (exact) mass is 429 g/mol. The van der Waals surface area contributed by atoms with Crippen LogP contribution in [0.3, 0.4) is 0 Å². The molecule has 0 bridgehead atoms. The summed E-state index contributed by atoms with van der Waals surface area (Å²) >= 11 is 2.24. The molecule has 1 amide bonds. The molecule has 3 rings (SSSR count). The van der Waals surface area contributed by atoms with Gasteiger partial charge in [0, 0.05) is 16.4 Å². The Labute approximate surface area is 149 Å². The topological polar surface area (TPSA) is 48.0 Å². The van der Waals surface area contributed by atoms with E-state index in [9.17, 15) is 4.79 Å². The molecule has 1 spiro atoms. The highest BCUT2D eigenvalue weighted by Gasteiger charge is 2.38. The van der Waals surface area contributed by atoms with Gasteiger partial charge < -0.3 is 14.2 Å². The maximum Gasteiger partial charge on any atom is 0.414 e. The minimum atomic E-state index is -0.430. The Balaban J connectivity index is 1.76. The minimum absolute atomic E-state index is 0.344. The molecule has 1 saturated heterocycles. The lowest BCUT2D eigenvalue weighted by molar-refractivity contribution is -0.161. The van der Waals surface area contributed by atoms with Crippen molar-refractivity contribution >= 4 is 34.4 Å². The zero-order valence-corrected chi connectivity index (χ0v) is 15.2. The number of hydrogen-bond donors (Lipinski definition) is 0. The fourth-order valence-corrected chi connectivity index (χ4v) is 3.67. The van der Waals surface area contributed by atoms with Gasteiger partial charge >= 0.3 is 6.09 Å². The standard InChI is InChI=1S/C17H20INO4/c1-21-16(20)19(15-5-3-2-4-14(15)18)12-13-6-8-17(9-7-13)22-10-11-23-17/h2-6H,7-12H2,1H3. The van der Waals surface area contributed by atoms with Gasteiger partial charge in [0.05, 0.1) is 32.6 Å². The van der Waals surface area contributed by atoms with Crippen LogP contribution in [0, 0.1) is 3.57 Å². The van der Waals surface area contributed by atoms with Gasteiger partial charge in [0.1, 0.15) is 0 Å². The van der Waals surface area contributed by atoms with Crippen molar-refractivity contribution in [2.45, 2.75) is 25.0 Å².